The molecule has 2 aromatic carbocycles. The maximum atomic E-state index is 12.1. The van der Waals surface area contributed by atoms with Crippen LogP contribution < -0.4 is 5.32 Å². The summed E-state index contributed by atoms with van der Waals surface area (Å²) in [6, 6.07) is 14.9. The lowest BCUT2D eigenvalue weighted by atomic mass is 10.1. The van der Waals surface area contributed by atoms with Crippen LogP contribution in [-0.4, -0.2) is 16.6 Å². The monoisotopic (exact) mass is 376 g/mol. The van der Waals surface area contributed by atoms with Crippen molar-refractivity contribution in [3.05, 3.63) is 64.1 Å². The Morgan fingerprint density at radius 2 is 1.96 bits per heavy atom. The van der Waals surface area contributed by atoms with Gasteiger partial charge in [0.05, 0.1) is 27.0 Å². The molecule has 0 aliphatic heterocycles. The van der Waals surface area contributed by atoms with Gasteiger partial charge in [-0.1, -0.05) is 53.2 Å². The molecule has 0 radical (unpaired) electrons. The van der Waals surface area contributed by atoms with Crippen LogP contribution in [0.15, 0.2) is 53.6 Å². The Kier molecular flexibility index (Phi) is 5.29. The van der Waals surface area contributed by atoms with Crippen LogP contribution >= 0.6 is 35.0 Å². The van der Waals surface area contributed by atoms with Crippen LogP contribution in [0, 0.1) is 6.92 Å². The van der Waals surface area contributed by atoms with E-state index in [0.717, 1.165) is 21.5 Å². The number of thioether (sulfide) groups is 1. The fraction of sp³-hybridized carbons (Fsp3) is 0.111. The number of aryl methyl sites for hydroxylation is 1. The van der Waals surface area contributed by atoms with E-state index in [9.17, 15) is 4.79 Å². The Balaban J connectivity index is 1.69. The molecule has 0 bridgehead atoms. The lowest BCUT2D eigenvalue weighted by Gasteiger charge is -2.08. The first-order chi connectivity index (χ1) is 11.5. The fourth-order valence-corrected chi connectivity index (χ4v) is 3.42. The molecule has 0 aliphatic carbocycles. The van der Waals surface area contributed by atoms with Crippen LogP contribution in [0.5, 0.6) is 0 Å². The van der Waals surface area contributed by atoms with E-state index in [4.69, 9.17) is 23.2 Å². The molecule has 0 saturated heterocycles. The predicted molar refractivity (Wildman–Crippen MR) is 102 cm³/mol. The van der Waals surface area contributed by atoms with E-state index in [1.165, 1.54) is 11.8 Å². The van der Waals surface area contributed by atoms with Gasteiger partial charge in [0.2, 0.25) is 5.91 Å². The lowest BCUT2D eigenvalue weighted by Crippen LogP contribution is -2.14. The minimum absolute atomic E-state index is 0.156. The molecule has 0 unspecified atom stereocenters. The smallest absolute Gasteiger partial charge is 0.234 e. The second kappa shape index (κ2) is 7.43. The first kappa shape index (κ1) is 17.1. The van der Waals surface area contributed by atoms with E-state index in [0.29, 0.717) is 15.7 Å². The molecule has 6 heteroatoms. The number of carbonyl (C=O) groups is 1. The maximum Gasteiger partial charge on any atom is 0.234 e. The van der Waals surface area contributed by atoms with E-state index in [1.54, 1.807) is 18.2 Å². The van der Waals surface area contributed by atoms with Gasteiger partial charge < -0.3 is 5.32 Å². The fourth-order valence-electron chi connectivity index (χ4n) is 2.31. The minimum Gasteiger partial charge on any atom is -0.324 e. The number of nitrogens with zero attached hydrogens (tertiary/aromatic N) is 1. The second-order valence-electron chi connectivity index (χ2n) is 5.26. The van der Waals surface area contributed by atoms with Gasteiger partial charge in [-0.2, -0.15) is 0 Å². The Hall–Kier alpha value is -1.75. The zero-order chi connectivity index (χ0) is 17.1. The van der Waals surface area contributed by atoms with Gasteiger partial charge in [0.15, 0.2) is 0 Å². The molecule has 1 amide bonds. The first-order valence-electron chi connectivity index (χ1n) is 7.27. The minimum atomic E-state index is -0.156. The largest absolute Gasteiger partial charge is 0.324 e. The van der Waals surface area contributed by atoms with E-state index >= 15 is 0 Å². The third kappa shape index (κ3) is 4.01. The number of pyridine rings is 1. The third-order valence-corrected chi connectivity index (χ3v) is 4.93. The summed E-state index contributed by atoms with van der Waals surface area (Å²) in [6.07, 6.45) is 0. The summed E-state index contributed by atoms with van der Waals surface area (Å²) >= 11 is 13.4. The van der Waals surface area contributed by atoms with Gasteiger partial charge in [0.1, 0.15) is 0 Å². The quantitative estimate of drug-likeness (QED) is 0.604. The number of hydrogen-bond donors (Lipinski definition) is 1. The number of rotatable bonds is 4. The van der Waals surface area contributed by atoms with E-state index < -0.39 is 0 Å². The van der Waals surface area contributed by atoms with Crippen molar-refractivity contribution in [2.24, 2.45) is 0 Å². The zero-order valence-electron chi connectivity index (χ0n) is 12.8. The number of nitrogens with one attached hydrogen (secondary N) is 1. The van der Waals surface area contributed by atoms with Crippen molar-refractivity contribution < 1.29 is 4.79 Å². The molecular formula is C18H14Cl2N2OS. The molecule has 0 spiro atoms. The molecule has 122 valence electrons. The number of anilines is 1. The summed E-state index contributed by atoms with van der Waals surface area (Å²) in [5.41, 5.74) is 2.58. The molecule has 3 rings (SSSR count). The van der Waals surface area contributed by atoms with Gasteiger partial charge in [-0.15, -0.1) is 0 Å². The standard InChI is InChI=1S/C18H14Cl2N2OS/c1-11-8-18(22-15-5-3-2-4-13(11)15)24-10-17(23)21-16-9-12(19)6-7-14(16)20/h2-9H,10H2,1H3,(H,21,23). The predicted octanol–water partition coefficient (Wildman–Crippen LogP) is 5.58. The van der Waals surface area contributed by atoms with Crippen molar-refractivity contribution in [1.82, 2.24) is 4.98 Å². The lowest BCUT2D eigenvalue weighted by molar-refractivity contribution is -0.113. The van der Waals surface area contributed by atoms with Gasteiger partial charge in [0, 0.05) is 10.4 Å². The van der Waals surface area contributed by atoms with Crippen molar-refractivity contribution in [3.8, 4) is 0 Å². The average Bonchev–Trinajstić information content (AvgIpc) is 2.56. The SMILES string of the molecule is Cc1cc(SCC(=O)Nc2cc(Cl)ccc2Cl)nc2ccccc12. The number of aromatic nitrogens is 1. The molecule has 0 saturated carbocycles. The van der Waals surface area contributed by atoms with Gasteiger partial charge in [-0.05, 0) is 42.8 Å². The molecule has 1 heterocycles. The van der Waals surface area contributed by atoms with Crippen molar-refractivity contribution in [2.75, 3.05) is 11.1 Å². The number of hydrogen-bond acceptors (Lipinski definition) is 3. The molecular weight excluding hydrogens is 363 g/mol. The van der Waals surface area contributed by atoms with Gasteiger partial charge in [-0.3, -0.25) is 4.79 Å². The van der Waals surface area contributed by atoms with Crippen molar-refractivity contribution in [2.45, 2.75) is 11.9 Å². The number of amides is 1. The zero-order valence-corrected chi connectivity index (χ0v) is 15.2. The molecule has 0 fully saturated rings. The van der Waals surface area contributed by atoms with Crippen molar-refractivity contribution >= 4 is 57.5 Å². The van der Waals surface area contributed by atoms with Crippen LogP contribution in [0.4, 0.5) is 5.69 Å². The maximum absolute atomic E-state index is 12.1. The molecule has 1 N–H and O–H groups in total. The molecule has 3 nitrogen and oxygen atoms in total. The highest BCUT2D eigenvalue weighted by atomic mass is 35.5. The number of benzene rings is 2. The second-order valence-corrected chi connectivity index (χ2v) is 7.09. The first-order valence-corrected chi connectivity index (χ1v) is 9.01. The van der Waals surface area contributed by atoms with Gasteiger partial charge in [0.25, 0.3) is 0 Å². The Bertz CT molecular complexity index is 915. The molecule has 0 aliphatic rings. The van der Waals surface area contributed by atoms with Gasteiger partial charge in [-0.25, -0.2) is 4.98 Å². The van der Waals surface area contributed by atoms with Crippen LogP contribution in [0.1, 0.15) is 5.56 Å². The van der Waals surface area contributed by atoms with E-state index in [2.05, 4.69) is 10.3 Å². The third-order valence-electron chi connectivity index (χ3n) is 3.45. The summed E-state index contributed by atoms with van der Waals surface area (Å²) in [4.78, 5) is 16.7. The summed E-state index contributed by atoms with van der Waals surface area (Å²) in [6.45, 7) is 2.04. The van der Waals surface area contributed by atoms with Crippen LogP contribution in [0.2, 0.25) is 10.0 Å². The van der Waals surface area contributed by atoms with Crippen LogP contribution in [0.3, 0.4) is 0 Å². The highest BCUT2D eigenvalue weighted by Gasteiger charge is 2.09. The number of carbonyl (C=O) groups excluding carboxylic acids is 1. The number of para-hydroxylation sites is 1. The summed E-state index contributed by atoms with van der Waals surface area (Å²) in [5.74, 6) is 0.0879. The van der Waals surface area contributed by atoms with Crippen LogP contribution in [-0.2, 0) is 4.79 Å². The number of halogens is 2. The Labute approximate surface area is 154 Å². The Morgan fingerprint density at radius 3 is 2.79 bits per heavy atom. The summed E-state index contributed by atoms with van der Waals surface area (Å²) in [5, 5.41) is 5.69. The summed E-state index contributed by atoms with van der Waals surface area (Å²) < 4.78 is 0. The molecule has 1 aromatic heterocycles. The normalized spacial score (nSPS) is 10.8. The molecule has 0 atom stereocenters. The van der Waals surface area contributed by atoms with Gasteiger partial charge >= 0.3 is 0 Å². The Morgan fingerprint density at radius 1 is 1.17 bits per heavy atom. The van der Waals surface area contributed by atoms with Crippen molar-refractivity contribution in [3.63, 3.8) is 0 Å². The highest BCUT2D eigenvalue weighted by molar-refractivity contribution is 7.99. The summed E-state index contributed by atoms with van der Waals surface area (Å²) in [7, 11) is 0. The van der Waals surface area contributed by atoms with E-state index in [1.807, 2.05) is 37.3 Å². The number of fused-ring (bicyclic) bond motifs is 1. The van der Waals surface area contributed by atoms with Crippen LogP contribution in [0.25, 0.3) is 10.9 Å². The molecule has 24 heavy (non-hydrogen) atoms. The van der Waals surface area contributed by atoms with E-state index in [-0.39, 0.29) is 11.7 Å². The average molecular weight is 377 g/mol. The van der Waals surface area contributed by atoms with Crippen molar-refractivity contribution in [1.29, 1.82) is 0 Å². The highest BCUT2D eigenvalue weighted by Crippen LogP contribution is 2.27. The topological polar surface area (TPSA) is 42.0 Å². The molecule has 3 aromatic rings.